The molecule has 0 unspecified atom stereocenters. The SMILES string of the molecule is CN(C)C1(CNC(=O)C[C@@H]2CCS(=O)(=O)C2)CCCC1. The number of rotatable bonds is 5. The summed E-state index contributed by atoms with van der Waals surface area (Å²) in [6, 6.07) is 0. The molecule has 2 fully saturated rings. The largest absolute Gasteiger partial charge is 0.354 e. The highest BCUT2D eigenvalue weighted by Crippen LogP contribution is 2.33. The second-order valence-corrected chi connectivity index (χ2v) is 8.80. The van der Waals surface area contributed by atoms with Crippen LogP contribution < -0.4 is 5.32 Å². The number of amides is 1. The van der Waals surface area contributed by atoms with Crippen molar-refractivity contribution in [2.75, 3.05) is 32.1 Å². The maximum Gasteiger partial charge on any atom is 0.220 e. The van der Waals surface area contributed by atoms with Crippen molar-refractivity contribution in [3.63, 3.8) is 0 Å². The van der Waals surface area contributed by atoms with Gasteiger partial charge in [-0.15, -0.1) is 0 Å². The zero-order chi connectivity index (χ0) is 14.8. The lowest BCUT2D eigenvalue weighted by Crippen LogP contribution is -2.51. The molecule has 1 aliphatic carbocycles. The first kappa shape index (κ1) is 15.8. The molecule has 1 atom stereocenters. The van der Waals surface area contributed by atoms with Crippen LogP contribution in [0.25, 0.3) is 0 Å². The van der Waals surface area contributed by atoms with E-state index in [4.69, 9.17) is 0 Å². The number of nitrogens with zero attached hydrogens (tertiary/aromatic N) is 1. The molecule has 2 aliphatic rings. The lowest BCUT2D eigenvalue weighted by Gasteiger charge is -2.36. The Kier molecular flexibility index (Phi) is 4.74. The molecule has 0 radical (unpaired) electrons. The molecule has 0 aromatic rings. The Labute approximate surface area is 122 Å². The molecule has 0 aromatic carbocycles. The number of likely N-dealkylation sites (N-methyl/N-ethyl adjacent to an activating group) is 1. The molecule has 1 aliphatic heterocycles. The number of sulfone groups is 1. The van der Waals surface area contributed by atoms with Crippen LogP contribution in [0.3, 0.4) is 0 Å². The van der Waals surface area contributed by atoms with Crippen molar-refractivity contribution < 1.29 is 13.2 Å². The molecule has 1 amide bonds. The van der Waals surface area contributed by atoms with Crippen molar-refractivity contribution in [3.05, 3.63) is 0 Å². The third-order valence-electron chi connectivity index (χ3n) is 4.90. The van der Waals surface area contributed by atoms with Crippen LogP contribution in [0.15, 0.2) is 0 Å². The van der Waals surface area contributed by atoms with Crippen molar-refractivity contribution in [1.82, 2.24) is 10.2 Å². The average molecular weight is 302 g/mol. The van der Waals surface area contributed by atoms with E-state index < -0.39 is 9.84 Å². The third kappa shape index (κ3) is 3.73. The van der Waals surface area contributed by atoms with Crippen molar-refractivity contribution in [1.29, 1.82) is 0 Å². The highest BCUT2D eigenvalue weighted by Gasteiger charge is 2.36. The molecule has 116 valence electrons. The molecule has 0 bridgehead atoms. The van der Waals surface area contributed by atoms with Gasteiger partial charge in [0.1, 0.15) is 0 Å². The molecule has 5 nitrogen and oxygen atoms in total. The summed E-state index contributed by atoms with van der Waals surface area (Å²) in [6.45, 7) is 0.679. The molecular weight excluding hydrogens is 276 g/mol. The average Bonchev–Trinajstić information content (AvgIpc) is 2.94. The summed E-state index contributed by atoms with van der Waals surface area (Å²) >= 11 is 0. The van der Waals surface area contributed by atoms with E-state index in [1.807, 2.05) is 0 Å². The second-order valence-electron chi connectivity index (χ2n) is 6.58. The first-order valence-electron chi connectivity index (χ1n) is 7.48. The van der Waals surface area contributed by atoms with Gasteiger partial charge in [0.15, 0.2) is 9.84 Å². The van der Waals surface area contributed by atoms with Crippen LogP contribution in [0.1, 0.15) is 38.5 Å². The Morgan fingerprint density at radius 2 is 1.95 bits per heavy atom. The van der Waals surface area contributed by atoms with E-state index in [0.717, 1.165) is 12.8 Å². The number of carbonyl (C=O) groups excluding carboxylic acids is 1. The number of carbonyl (C=O) groups is 1. The maximum atomic E-state index is 12.0. The lowest BCUT2D eigenvalue weighted by molar-refractivity contribution is -0.122. The Morgan fingerprint density at radius 1 is 1.30 bits per heavy atom. The summed E-state index contributed by atoms with van der Waals surface area (Å²) in [6.07, 6.45) is 5.66. The summed E-state index contributed by atoms with van der Waals surface area (Å²) in [4.78, 5) is 14.2. The van der Waals surface area contributed by atoms with Gasteiger partial charge in [0.05, 0.1) is 11.5 Å². The van der Waals surface area contributed by atoms with Crippen LogP contribution in [0.2, 0.25) is 0 Å². The number of nitrogens with one attached hydrogen (secondary N) is 1. The van der Waals surface area contributed by atoms with Crippen LogP contribution in [-0.2, 0) is 14.6 Å². The molecule has 1 N–H and O–H groups in total. The fourth-order valence-electron chi connectivity index (χ4n) is 3.45. The predicted molar refractivity (Wildman–Crippen MR) is 79.3 cm³/mol. The van der Waals surface area contributed by atoms with Gasteiger partial charge in [0, 0.05) is 18.5 Å². The van der Waals surface area contributed by atoms with Gasteiger partial charge in [-0.1, -0.05) is 12.8 Å². The van der Waals surface area contributed by atoms with Gasteiger partial charge in [-0.25, -0.2) is 8.42 Å². The number of hydrogen-bond donors (Lipinski definition) is 1. The highest BCUT2D eigenvalue weighted by atomic mass is 32.2. The van der Waals surface area contributed by atoms with Crippen LogP contribution >= 0.6 is 0 Å². The van der Waals surface area contributed by atoms with E-state index >= 15 is 0 Å². The van der Waals surface area contributed by atoms with E-state index in [1.165, 1.54) is 12.8 Å². The molecule has 1 saturated heterocycles. The smallest absolute Gasteiger partial charge is 0.220 e. The van der Waals surface area contributed by atoms with Crippen molar-refractivity contribution in [2.45, 2.75) is 44.1 Å². The van der Waals surface area contributed by atoms with E-state index in [9.17, 15) is 13.2 Å². The van der Waals surface area contributed by atoms with Gasteiger partial charge in [-0.2, -0.15) is 0 Å². The highest BCUT2D eigenvalue weighted by molar-refractivity contribution is 7.91. The Bertz CT molecular complexity index is 453. The zero-order valence-corrected chi connectivity index (χ0v) is 13.3. The molecule has 1 heterocycles. The minimum absolute atomic E-state index is 0.000208. The van der Waals surface area contributed by atoms with Gasteiger partial charge in [0.2, 0.25) is 5.91 Å². The van der Waals surface area contributed by atoms with Crippen LogP contribution in [0, 0.1) is 5.92 Å². The standard InChI is InChI=1S/C14H26N2O3S/c1-16(2)14(6-3-4-7-14)11-15-13(17)9-12-5-8-20(18,19)10-12/h12H,3-11H2,1-2H3,(H,15,17)/t12-/m0/s1. The predicted octanol–water partition coefficient (Wildman–Crippen LogP) is 0.802. The van der Waals surface area contributed by atoms with Crippen molar-refractivity contribution in [3.8, 4) is 0 Å². The molecule has 0 spiro atoms. The first-order chi connectivity index (χ1) is 9.33. The monoisotopic (exact) mass is 302 g/mol. The second kappa shape index (κ2) is 6.02. The normalized spacial score (nSPS) is 27.9. The summed E-state index contributed by atoms with van der Waals surface area (Å²) in [7, 11) is 1.26. The Balaban J connectivity index is 1.80. The Morgan fingerprint density at radius 3 is 2.45 bits per heavy atom. The van der Waals surface area contributed by atoms with Gasteiger partial charge >= 0.3 is 0 Å². The van der Waals surface area contributed by atoms with Crippen LogP contribution in [-0.4, -0.2) is 56.9 Å². The quantitative estimate of drug-likeness (QED) is 0.816. The van der Waals surface area contributed by atoms with Gasteiger partial charge in [0.25, 0.3) is 0 Å². The fraction of sp³-hybridized carbons (Fsp3) is 0.929. The van der Waals surface area contributed by atoms with E-state index in [2.05, 4.69) is 24.3 Å². The third-order valence-corrected chi connectivity index (χ3v) is 6.74. The van der Waals surface area contributed by atoms with Gasteiger partial charge < -0.3 is 10.2 Å². The summed E-state index contributed by atoms with van der Waals surface area (Å²) < 4.78 is 22.8. The fourth-order valence-corrected chi connectivity index (χ4v) is 5.31. The molecule has 1 saturated carbocycles. The molecule has 20 heavy (non-hydrogen) atoms. The van der Waals surface area contributed by atoms with Crippen molar-refractivity contribution in [2.24, 2.45) is 5.92 Å². The summed E-state index contributed by atoms with van der Waals surface area (Å²) in [5.74, 6) is 0.436. The van der Waals surface area contributed by atoms with Crippen LogP contribution in [0.4, 0.5) is 0 Å². The minimum atomic E-state index is -2.89. The Hall–Kier alpha value is -0.620. The minimum Gasteiger partial charge on any atom is -0.354 e. The van der Waals surface area contributed by atoms with E-state index in [-0.39, 0.29) is 28.9 Å². The van der Waals surface area contributed by atoms with E-state index in [1.54, 1.807) is 0 Å². The first-order valence-corrected chi connectivity index (χ1v) is 9.30. The van der Waals surface area contributed by atoms with Crippen LogP contribution in [0.5, 0.6) is 0 Å². The van der Waals surface area contributed by atoms with Gasteiger partial charge in [-0.05, 0) is 39.3 Å². The molecule has 0 aromatic heterocycles. The topological polar surface area (TPSA) is 66.5 Å². The summed E-state index contributed by atoms with van der Waals surface area (Å²) in [5.41, 5.74) is 0.0947. The van der Waals surface area contributed by atoms with Gasteiger partial charge in [-0.3, -0.25) is 4.79 Å². The lowest BCUT2D eigenvalue weighted by atomic mass is 9.95. The molecule has 2 rings (SSSR count). The van der Waals surface area contributed by atoms with Crippen molar-refractivity contribution >= 4 is 15.7 Å². The maximum absolute atomic E-state index is 12.0. The summed E-state index contributed by atoms with van der Waals surface area (Å²) in [5, 5.41) is 3.03. The molecule has 6 heteroatoms. The number of hydrogen-bond acceptors (Lipinski definition) is 4. The van der Waals surface area contributed by atoms with E-state index in [0.29, 0.717) is 19.4 Å². The molecular formula is C14H26N2O3S. The zero-order valence-electron chi connectivity index (χ0n) is 12.5.